The fourth-order valence-electron chi connectivity index (χ4n) is 1.96. The van der Waals surface area contributed by atoms with Crippen LogP contribution in [0.1, 0.15) is 32.1 Å². The van der Waals surface area contributed by atoms with Gasteiger partial charge in [-0.15, -0.1) is 0 Å². The molecular weight excluding hydrogens is 224 g/mol. The molecule has 6 nitrogen and oxygen atoms in total. The van der Waals surface area contributed by atoms with Crippen LogP contribution in [-0.4, -0.2) is 41.4 Å². The maximum Gasteiger partial charge on any atom is 0.332 e. The molecule has 1 rings (SSSR count). The van der Waals surface area contributed by atoms with Gasteiger partial charge in [0.1, 0.15) is 0 Å². The lowest BCUT2D eigenvalue weighted by molar-refractivity contribution is -0.146. The zero-order valence-corrected chi connectivity index (χ0v) is 9.82. The average molecular weight is 244 g/mol. The van der Waals surface area contributed by atoms with E-state index in [1.165, 1.54) is 12.8 Å². The third kappa shape index (κ3) is 5.53. The summed E-state index contributed by atoms with van der Waals surface area (Å²) in [6.45, 7) is 0.831. The molecule has 1 fully saturated rings. The summed E-state index contributed by atoms with van der Waals surface area (Å²) in [5.74, 6) is -0.691. The van der Waals surface area contributed by atoms with Crippen molar-refractivity contribution < 1.29 is 19.8 Å². The third-order valence-corrected chi connectivity index (χ3v) is 3.01. The highest BCUT2D eigenvalue weighted by atomic mass is 16.4. The van der Waals surface area contributed by atoms with Crippen molar-refractivity contribution in [3.05, 3.63) is 0 Å². The first-order valence-corrected chi connectivity index (χ1v) is 6.02. The van der Waals surface area contributed by atoms with Gasteiger partial charge >= 0.3 is 12.0 Å². The fourth-order valence-corrected chi connectivity index (χ4v) is 1.96. The molecule has 6 heteroatoms. The third-order valence-electron chi connectivity index (χ3n) is 3.01. The Morgan fingerprint density at radius 3 is 2.47 bits per heavy atom. The summed E-state index contributed by atoms with van der Waals surface area (Å²) >= 11 is 0. The fraction of sp³-hybridized carbons (Fsp3) is 0.818. The Hall–Kier alpha value is -1.30. The molecule has 4 N–H and O–H groups in total. The summed E-state index contributed by atoms with van der Waals surface area (Å²) in [4.78, 5) is 21.6. The van der Waals surface area contributed by atoms with Gasteiger partial charge in [0.2, 0.25) is 0 Å². The molecule has 1 aliphatic carbocycles. The van der Waals surface area contributed by atoms with E-state index in [4.69, 9.17) is 10.2 Å². The van der Waals surface area contributed by atoms with E-state index in [1.807, 2.05) is 0 Å². The number of aliphatic hydroxyl groups excluding tert-OH is 1. The van der Waals surface area contributed by atoms with Gasteiger partial charge in [0.25, 0.3) is 0 Å². The van der Waals surface area contributed by atoms with Crippen molar-refractivity contribution in [3.63, 3.8) is 0 Å². The molecule has 0 aromatic heterocycles. The number of carbonyl (C=O) groups excluding carboxylic acids is 1. The highest BCUT2D eigenvalue weighted by molar-refractivity contribution is 5.74. The van der Waals surface area contributed by atoms with Gasteiger partial charge in [-0.3, -0.25) is 0 Å². The van der Waals surface area contributed by atoms with Crippen molar-refractivity contribution in [1.29, 1.82) is 0 Å². The van der Waals surface area contributed by atoms with Gasteiger partial charge in [-0.05, 0) is 18.8 Å². The number of urea groups is 1. The quantitative estimate of drug-likeness (QED) is 0.540. The Balaban J connectivity index is 2.02. The summed E-state index contributed by atoms with van der Waals surface area (Å²) in [6, 6.07) is -0.297. The average Bonchev–Trinajstić information content (AvgIpc) is 2.78. The zero-order valence-electron chi connectivity index (χ0n) is 9.82. The lowest BCUT2D eigenvalue weighted by Crippen LogP contribution is -2.39. The van der Waals surface area contributed by atoms with Crippen LogP contribution in [0.2, 0.25) is 0 Å². The number of amides is 2. The SMILES string of the molecule is O=C(NCCC(O)C(=O)O)NCC1CCCC1. The Bertz CT molecular complexity index is 264. The van der Waals surface area contributed by atoms with E-state index in [1.54, 1.807) is 0 Å². The number of hydrogen-bond acceptors (Lipinski definition) is 3. The molecule has 0 saturated heterocycles. The van der Waals surface area contributed by atoms with E-state index in [-0.39, 0.29) is 19.0 Å². The van der Waals surface area contributed by atoms with E-state index >= 15 is 0 Å². The number of carbonyl (C=O) groups is 2. The molecule has 98 valence electrons. The molecule has 0 heterocycles. The van der Waals surface area contributed by atoms with Gasteiger partial charge in [-0.25, -0.2) is 9.59 Å². The van der Waals surface area contributed by atoms with Crippen LogP contribution >= 0.6 is 0 Å². The van der Waals surface area contributed by atoms with Crippen LogP contribution in [0.3, 0.4) is 0 Å². The van der Waals surface area contributed by atoms with Gasteiger partial charge < -0.3 is 20.8 Å². The summed E-state index contributed by atoms with van der Waals surface area (Å²) < 4.78 is 0. The predicted molar refractivity (Wildman–Crippen MR) is 61.6 cm³/mol. The largest absolute Gasteiger partial charge is 0.479 e. The minimum atomic E-state index is -1.41. The lowest BCUT2D eigenvalue weighted by atomic mass is 10.1. The number of carboxylic acid groups (broad SMARTS) is 1. The van der Waals surface area contributed by atoms with Crippen molar-refractivity contribution in [3.8, 4) is 0 Å². The van der Waals surface area contributed by atoms with E-state index in [0.29, 0.717) is 12.5 Å². The summed E-state index contributed by atoms with van der Waals surface area (Å²) in [5.41, 5.74) is 0. The molecule has 1 unspecified atom stereocenters. The number of carboxylic acids is 1. The summed E-state index contributed by atoms with van der Waals surface area (Å²) in [7, 11) is 0. The lowest BCUT2D eigenvalue weighted by Gasteiger charge is -2.12. The maximum atomic E-state index is 11.3. The molecule has 17 heavy (non-hydrogen) atoms. The van der Waals surface area contributed by atoms with Crippen molar-refractivity contribution >= 4 is 12.0 Å². The summed E-state index contributed by atoms with van der Waals surface area (Å²) in [6.07, 6.45) is 3.41. The smallest absolute Gasteiger partial charge is 0.332 e. The van der Waals surface area contributed by atoms with Crippen LogP contribution in [0, 0.1) is 5.92 Å². The number of aliphatic hydroxyl groups is 1. The predicted octanol–water partition coefficient (Wildman–Crippen LogP) is 0.311. The molecule has 0 aromatic rings. The monoisotopic (exact) mass is 244 g/mol. The molecular formula is C11H20N2O4. The standard InChI is InChI=1S/C11H20N2O4/c14-9(10(15)16)5-6-12-11(17)13-7-8-3-1-2-4-8/h8-9,14H,1-7H2,(H,15,16)(H2,12,13,17). The van der Waals surface area contributed by atoms with E-state index in [9.17, 15) is 9.59 Å². The Morgan fingerprint density at radius 1 is 1.24 bits per heavy atom. The molecule has 0 bridgehead atoms. The Labute approximate surface area is 100 Å². The topological polar surface area (TPSA) is 98.7 Å². The van der Waals surface area contributed by atoms with Crippen LogP contribution in [-0.2, 0) is 4.79 Å². The van der Waals surface area contributed by atoms with Crippen LogP contribution in [0.25, 0.3) is 0 Å². The van der Waals surface area contributed by atoms with Gasteiger partial charge in [0, 0.05) is 19.5 Å². The van der Waals surface area contributed by atoms with E-state index in [0.717, 1.165) is 12.8 Å². The highest BCUT2D eigenvalue weighted by Gasteiger charge is 2.16. The minimum Gasteiger partial charge on any atom is -0.479 e. The van der Waals surface area contributed by atoms with Crippen molar-refractivity contribution in [1.82, 2.24) is 10.6 Å². The molecule has 0 spiro atoms. The van der Waals surface area contributed by atoms with Crippen LogP contribution in [0.4, 0.5) is 4.79 Å². The van der Waals surface area contributed by atoms with Gasteiger partial charge in [-0.2, -0.15) is 0 Å². The first-order valence-electron chi connectivity index (χ1n) is 6.02. The first kappa shape index (κ1) is 13.8. The number of rotatable bonds is 6. The molecule has 2 amide bonds. The number of aliphatic carboxylic acids is 1. The molecule has 1 saturated carbocycles. The zero-order chi connectivity index (χ0) is 12.7. The number of hydrogen-bond donors (Lipinski definition) is 4. The van der Waals surface area contributed by atoms with Gasteiger partial charge in [0.05, 0.1) is 0 Å². The van der Waals surface area contributed by atoms with Crippen LogP contribution < -0.4 is 10.6 Å². The molecule has 1 atom stereocenters. The number of nitrogens with one attached hydrogen (secondary N) is 2. The van der Waals surface area contributed by atoms with Crippen molar-refractivity contribution in [2.45, 2.75) is 38.2 Å². The van der Waals surface area contributed by atoms with Gasteiger partial charge in [0.15, 0.2) is 6.10 Å². The second-order valence-electron chi connectivity index (χ2n) is 4.43. The van der Waals surface area contributed by atoms with E-state index in [2.05, 4.69) is 10.6 Å². The molecule has 0 aliphatic heterocycles. The highest BCUT2D eigenvalue weighted by Crippen LogP contribution is 2.23. The molecule has 1 aliphatic rings. The second kappa shape index (κ2) is 7.11. The normalized spacial score (nSPS) is 17.7. The maximum absolute atomic E-state index is 11.3. The second-order valence-corrected chi connectivity index (χ2v) is 4.43. The Kier molecular flexibility index (Phi) is 5.76. The first-order chi connectivity index (χ1) is 8.09. The van der Waals surface area contributed by atoms with E-state index < -0.39 is 12.1 Å². The molecule has 0 radical (unpaired) electrons. The molecule has 0 aromatic carbocycles. The minimum absolute atomic E-state index is 0.0200. The van der Waals surface area contributed by atoms with Crippen LogP contribution in [0.15, 0.2) is 0 Å². The van der Waals surface area contributed by atoms with Crippen LogP contribution in [0.5, 0.6) is 0 Å². The van der Waals surface area contributed by atoms with Crippen molar-refractivity contribution in [2.24, 2.45) is 5.92 Å². The summed E-state index contributed by atoms with van der Waals surface area (Å²) in [5, 5.41) is 22.7. The Morgan fingerprint density at radius 2 is 1.88 bits per heavy atom. The van der Waals surface area contributed by atoms with Crippen molar-refractivity contribution in [2.75, 3.05) is 13.1 Å². The van der Waals surface area contributed by atoms with Gasteiger partial charge in [-0.1, -0.05) is 12.8 Å².